The number of nitrogens with one attached hydrogen (secondary N) is 2. The Morgan fingerprint density at radius 2 is 1.90 bits per heavy atom. The van der Waals surface area contributed by atoms with Crippen LogP contribution in [0.4, 0.5) is 5.82 Å². The van der Waals surface area contributed by atoms with Crippen molar-refractivity contribution in [3.05, 3.63) is 84.5 Å². The summed E-state index contributed by atoms with van der Waals surface area (Å²) in [7, 11) is 3.83. The minimum Gasteiger partial charge on any atom is -0.307 e. The van der Waals surface area contributed by atoms with Gasteiger partial charge in [0.15, 0.2) is 0 Å². The first-order valence-corrected chi connectivity index (χ1v) is 9.57. The van der Waals surface area contributed by atoms with Crippen molar-refractivity contribution in [1.29, 1.82) is 0 Å². The summed E-state index contributed by atoms with van der Waals surface area (Å²) in [4.78, 5) is 17.1. The minimum atomic E-state index is -0.200. The van der Waals surface area contributed by atoms with Gasteiger partial charge in [0.1, 0.15) is 5.82 Å². The number of aryl methyl sites for hydroxylation is 1. The first-order chi connectivity index (χ1) is 14.6. The summed E-state index contributed by atoms with van der Waals surface area (Å²) in [6.07, 6.45) is 9.48. The highest BCUT2D eigenvalue weighted by molar-refractivity contribution is 6.06. The van der Waals surface area contributed by atoms with Crippen molar-refractivity contribution in [3.8, 4) is 0 Å². The average molecular weight is 396 g/mol. The second-order valence-corrected chi connectivity index (χ2v) is 7.29. The molecule has 0 radical (unpaired) electrons. The van der Waals surface area contributed by atoms with Crippen molar-refractivity contribution >= 4 is 39.0 Å². The summed E-state index contributed by atoms with van der Waals surface area (Å²) < 4.78 is 1.78. The van der Waals surface area contributed by atoms with Gasteiger partial charge < -0.3 is 10.7 Å². The summed E-state index contributed by atoms with van der Waals surface area (Å²) in [5.74, 6) is 0.317. The Bertz CT molecular complexity index is 1350. The summed E-state index contributed by atoms with van der Waals surface area (Å²) in [5, 5.41) is 12.0. The summed E-state index contributed by atoms with van der Waals surface area (Å²) in [6.45, 7) is 0. The zero-order chi connectivity index (χ0) is 20.7. The molecule has 7 heteroatoms. The third-order valence-electron chi connectivity index (χ3n) is 5.18. The number of hydrogen-bond donors (Lipinski definition) is 2. The Morgan fingerprint density at radius 3 is 2.77 bits per heavy atom. The number of nitrogens with zero attached hydrogens (tertiary/aromatic N) is 4. The lowest BCUT2D eigenvalue weighted by Gasteiger charge is -2.20. The van der Waals surface area contributed by atoms with Crippen molar-refractivity contribution in [1.82, 2.24) is 25.2 Å². The number of pyridine rings is 1. The molecular formula is C23H20N6O. The number of carbonyl (C=O) groups is 1. The van der Waals surface area contributed by atoms with E-state index >= 15 is 0 Å². The van der Waals surface area contributed by atoms with Crippen LogP contribution in [0.1, 0.15) is 15.9 Å². The highest BCUT2D eigenvalue weighted by atomic mass is 16.1. The van der Waals surface area contributed by atoms with Gasteiger partial charge in [-0.3, -0.25) is 14.5 Å². The number of allylic oxidation sites excluding steroid dienone is 2. The number of rotatable bonds is 3. The molecule has 5 rings (SSSR count). The van der Waals surface area contributed by atoms with E-state index in [1.165, 1.54) is 0 Å². The predicted molar refractivity (Wildman–Crippen MR) is 118 cm³/mol. The van der Waals surface area contributed by atoms with E-state index in [9.17, 15) is 4.79 Å². The van der Waals surface area contributed by atoms with Crippen LogP contribution in [0.15, 0.2) is 73.3 Å². The van der Waals surface area contributed by atoms with Gasteiger partial charge in [0.2, 0.25) is 0 Å². The molecule has 0 saturated heterocycles. The Kier molecular flexibility index (Phi) is 4.21. The lowest BCUT2D eigenvalue weighted by Crippen LogP contribution is -2.26. The number of benzene rings is 2. The standard InChI is InChI=1S/C23H20N6O/c1-28-14-18(7-8-25-28)15-3-4-17-12-24-22(11-19(17)9-15)27-23(30)16-5-6-21-20(10-16)13-26-29(21)2/h3-14,25H,1-2H3,(H,24,27,30). The third-order valence-corrected chi connectivity index (χ3v) is 5.18. The van der Waals surface area contributed by atoms with Gasteiger partial charge in [0.05, 0.1) is 11.7 Å². The van der Waals surface area contributed by atoms with E-state index < -0.39 is 0 Å². The number of carbonyl (C=O) groups excluding carboxylic acids is 1. The van der Waals surface area contributed by atoms with E-state index in [4.69, 9.17) is 0 Å². The first kappa shape index (κ1) is 17.9. The second-order valence-electron chi connectivity index (χ2n) is 7.29. The van der Waals surface area contributed by atoms with E-state index in [1.807, 2.05) is 61.8 Å². The van der Waals surface area contributed by atoms with Crippen molar-refractivity contribution < 1.29 is 4.79 Å². The number of hydrazine groups is 1. The Labute approximate surface area is 173 Å². The zero-order valence-electron chi connectivity index (χ0n) is 16.6. The number of fused-ring (bicyclic) bond motifs is 2. The van der Waals surface area contributed by atoms with Crippen molar-refractivity contribution in [2.24, 2.45) is 7.05 Å². The minimum absolute atomic E-state index is 0.200. The highest BCUT2D eigenvalue weighted by Crippen LogP contribution is 2.25. The Hall–Kier alpha value is -4.13. The molecule has 1 aliphatic heterocycles. The van der Waals surface area contributed by atoms with Gasteiger partial charge in [0, 0.05) is 54.6 Å². The van der Waals surface area contributed by atoms with E-state index in [2.05, 4.69) is 33.0 Å². The van der Waals surface area contributed by atoms with Crippen LogP contribution in [-0.2, 0) is 7.05 Å². The third kappa shape index (κ3) is 3.26. The first-order valence-electron chi connectivity index (χ1n) is 9.57. The quantitative estimate of drug-likeness (QED) is 0.553. The molecule has 0 atom stereocenters. The lowest BCUT2D eigenvalue weighted by atomic mass is 10.0. The second kappa shape index (κ2) is 7.04. The fourth-order valence-corrected chi connectivity index (χ4v) is 3.59. The van der Waals surface area contributed by atoms with Crippen LogP contribution in [0.2, 0.25) is 0 Å². The van der Waals surface area contributed by atoms with Crippen LogP contribution in [0.25, 0.3) is 27.2 Å². The molecule has 1 aliphatic rings. The van der Waals surface area contributed by atoms with Crippen LogP contribution >= 0.6 is 0 Å². The van der Waals surface area contributed by atoms with E-state index in [0.29, 0.717) is 11.4 Å². The maximum absolute atomic E-state index is 12.7. The molecule has 0 unspecified atom stereocenters. The van der Waals surface area contributed by atoms with Gasteiger partial charge in [-0.15, -0.1) is 0 Å². The summed E-state index contributed by atoms with van der Waals surface area (Å²) >= 11 is 0. The van der Waals surface area contributed by atoms with E-state index in [-0.39, 0.29) is 5.91 Å². The molecule has 148 valence electrons. The largest absolute Gasteiger partial charge is 0.307 e. The number of anilines is 1. The molecule has 1 amide bonds. The molecule has 4 aromatic rings. The molecule has 0 aliphatic carbocycles. The smallest absolute Gasteiger partial charge is 0.256 e. The molecule has 0 fully saturated rings. The Morgan fingerprint density at radius 1 is 1.00 bits per heavy atom. The van der Waals surface area contributed by atoms with Crippen molar-refractivity contribution in [2.45, 2.75) is 0 Å². The fourth-order valence-electron chi connectivity index (χ4n) is 3.59. The van der Waals surface area contributed by atoms with Crippen LogP contribution < -0.4 is 10.7 Å². The van der Waals surface area contributed by atoms with Gasteiger partial charge in [0.25, 0.3) is 5.91 Å². The average Bonchev–Trinajstić information content (AvgIpc) is 3.13. The fraction of sp³-hybridized carbons (Fsp3) is 0.0870. The lowest BCUT2D eigenvalue weighted by molar-refractivity contribution is 0.102. The van der Waals surface area contributed by atoms with Crippen LogP contribution in [0, 0.1) is 0 Å². The van der Waals surface area contributed by atoms with Gasteiger partial charge in [-0.25, -0.2) is 4.98 Å². The summed E-state index contributed by atoms with van der Waals surface area (Å²) in [5.41, 5.74) is 6.84. The highest BCUT2D eigenvalue weighted by Gasteiger charge is 2.11. The van der Waals surface area contributed by atoms with E-state index in [0.717, 1.165) is 32.8 Å². The van der Waals surface area contributed by atoms with Crippen LogP contribution in [0.3, 0.4) is 0 Å². The topological polar surface area (TPSA) is 75.1 Å². The molecule has 3 heterocycles. The van der Waals surface area contributed by atoms with Gasteiger partial charge in [-0.1, -0.05) is 12.1 Å². The van der Waals surface area contributed by atoms with Crippen molar-refractivity contribution in [2.75, 3.05) is 12.4 Å². The van der Waals surface area contributed by atoms with Crippen molar-refractivity contribution in [3.63, 3.8) is 0 Å². The summed E-state index contributed by atoms with van der Waals surface area (Å²) in [6, 6.07) is 13.6. The zero-order valence-corrected chi connectivity index (χ0v) is 16.6. The molecule has 0 bridgehead atoms. The van der Waals surface area contributed by atoms with E-state index in [1.54, 1.807) is 23.1 Å². The van der Waals surface area contributed by atoms with Gasteiger partial charge >= 0.3 is 0 Å². The predicted octanol–water partition coefficient (Wildman–Crippen LogP) is 3.68. The van der Waals surface area contributed by atoms with Crippen LogP contribution in [0.5, 0.6) is 0 Å². The monoisotopic (exact) mass is 396 g/mol. The molecule has 0 spiro atoms. The number of hydrogen-bond acceptors (Lipinski definition) is 5. The molecule has 7 nitrogen and oxygen atoms in total. The maximum Gasteiger partial charge on any atom is 0.256 e. The van der Waals surface area contributed by atoms with Gasteiger partial charge in [-0.05, 0) is 47.4 Å². The molecule has 30 heavy (non-hydrogen) atoms. The molecule has 2 aromatic carbocycles. The molecular weight excluding hydrogens is 376 g/mol. The molecule has 0 saturated carbocycles. The van der Waals surface area contributed by atoms with Gasteiger partial charge in [-0.2, -0.15) is 5.10 Å². The number of aromatic nitrogens is 3. The SMILES string of the molecule is CN1C=C(c2ccc3cnc(NC(=O)c4ccc5c(cnn5C)c4)cc3c2)C=CN1. The normalized spacial score (nSPS) is 13.4. The number of amides is 1. The van der Waals surface area contributed by atoms with Crippen LogP contribution in [-0.4, -0.2) is 32.7 Å². The Balaban J connectivity index is 1.43. The molecule has 2 aromatic heterocycles. The molecule has 2 N–H and O–H groups in total. The maximum atomic E-state index is 12.7.